The van der Waals surface area contributed by atoms with Crippen LogP contribution in [0.2, 0.25) is 0 Å². The second kappa shape index (κ2) is 6.35. The van der Waals surface area contributed by atoms with Gasteiger partial charge < -0.3 is 15.7 Å². The van der Waals surface area contributed by atoms with Crippen LogP contribution in [0.3, 0.4) is 0 Å². The first kappa shape index (κ1) is 14.4. The van der Waals surface area contributed by atoms with Crippen LogP contribution in [-0.2, 0) is 0 Å². The van der Waals surface area contributed by atoms with Crippen LogP contribution in [-0.4, -0.2) is 35.0 Å². The summed E-state index contributed by atoms with van der Waals surface area (Å²) < 4.78 is 13.6. The quantitative estimate of drug-likeness (QED) is 0.841. The number of hydrogen-bond donors (Lipinski definition) is 2. The SMILES string of the molecule is CC(C)N(CCCN)C(=O)c1c(O)cccc1F. The number of halogens is 1. The van der Waals surface area contributed by atoms with Gasteiger partial charge in [-0.25, -0.2) is 4.39 Å². The number of aromatic hydroxyl groups is 1. The van der Waals surface area contributed by atoms with Crippen LogP contribution in [0.15, 0.2) is 18.2 Å². The number of amides is 1. The van der Waals surface area contributed by atoms with Gasteiger partial charge in [-0.05, 0) is 38.9 Å². The Labute approximate surface area is 106 Å². The van der Waals surface area contributed by atoms with E-state index >= 15 is 0 Å². The summed E-state index contributed by atoms with van der Waals surface area (Å²) in [6, 6.07) is 3.75. The van der Waals surface area contributed by atoms with Crippen molar-refractivity contribution in [3.05, 3.63) is 29.6 Å². The van der Waals surface area contributed by atoms with Crippen molar-refractivity contribution in [3.8, 4) is 5.75 Å². The molecule has 4 nitrogen and oxygen atoms in total. The van der Waals surface area contributed by atoms with Gasteiger partial charge in [0, 0.05) is 12.6 Å². The molecule has 0 bridgehead atoms. The van der Waals surface area contributed by atoms with Crippen molar-refractivity contribution < 1.29 is 14.3 Å². The van der Waals surface area contributed by atoms with Crippen LogP contribution in [0.25, 0.3) is 0 Å². The minimum absolute atomic E-state index is 0.0805. The Morgan fingerprint density at radius 1 is 1.50 bits per heavy atom. The number of carbonyl (C=O) groups is 1. The molecular weight excluding hydrogens is 235 g/mol. The van der Waals surface area contributed by atoms with Crippen LogP contribution in [0.4, 0.5) is 4.39 Å². The Kier molecular flexibility index (Phi) is 5.09. The molecule has 1 rings (SSSR count). The van der Waals surface area contributed by atoms with E-state index in [9.17, 15) is 14.3 Å². The first-order chi connectivity index (χ1) is 8.49. The minimum atomic E-state index is -0.710. The van der Waals surface area contributed by atoms with Crippen molar-refractivity contribution >= 4 is 5.91 Å². The van der Waals surface area contributed by atoms with E-state index in [-0.39, 0.29) is 17.4 Å². The fourth-order valence-corrected chi connectivity index (χ4v) is 1.72. The average Bonchev–Trinajstić information content (AvgIpc) is 2.28. The van der Waals surface area contributed by atoms with Gasteiger partial charge in [-0.3, -0.25) is 4.79 Å². The lowest BCUT2D eigenvalue weighted by Crippen LogP contribution is -2.38. The Balaban J connectivity index is 3.02. The minimum Gasteiger partial charge on any atom is -0.507 e. The number of nitrogens with zero attached hydrogens (tertiary/aromatic N) is 1. The summed E-state index contributed by atoms with van der Waals surface area (Å²) in [6.45, 7) is 4.58. The van der Waals surface area contributed by atoms with Gasteiger partial charge in [-0.2, -0.15) is 0 Å². The summed E-state index contributed by atoms with van der Waals surface area (Å²) in [5, 5.41) is 9.61. The topological polar surface area (TPSA) is 66.6 Å². The second-order valence-corrected chi connectivity index (χ2v) is 4.37. The van der Waals surface area contributed by atoms with Crippen molar-refractivity contribution in [3.63, 3.8) is 0 Å². The van der Waals surface area contributed by atoms with Crippen LogP contribution >= 0.6 is 0 Å². The van der Waals surface area contributed by atoms with Gasteiger partial charge in [0.2, 0.25) is 0 Å². The van der Waals surface area contributed by atoms with Gasteiger partial charge in [0.15, 0.2) is 0 Å². The molecular formula is C13H19FN2O2. The van der Waals surface area contributed by atoms with Gasteiger partial charge in [-0.1, -0.05) is 6.07 Å². The molecule has 0 aromatic heterocycles. The third kappa shape index (κ3) is 3.20. The van der Waals surface area contributed by atoms with E-state index in [4.69, 9.17) is 5.73 Å². The number of benzene rings is 1. The maximum atomic E-state index is 13.6. The standard InChI is InChI=1S/C13H19FN2O2/c1-9(2)16(8-4-7-15)13(18)12-10(14)5-3-6-11(12)17/h3,5-6,9,17H,4,7-8,15H2,1-2H3. The predicted molar refractivity (Wildman–Crippen MR) is 67.9 cm³/mol. The first-order valence-electron chi connectivity index (χ1n) is 5.97. The fourth-order valence-electron chi connectivity index (χ4n) is 1.72. The maximum absolute atomic E-state index is 13.6. The Morgan fingerprint density at radius 2 is 2.17 bits per heavy atom. The molecule has 18 heavy (non-hydrogen) atoms. The Hall–Kier alpha value is -1.62. The molecule has 0 saturated carbocycles. The third-order valence-corrected chi connectivity index (χ3v) is 2.69. The number of rotatable bonds is 5. The van der Waals surface area contributed by atoms with Crippen molar-refractivity contribution in [2.45, 2.75) is 26.3 Å². The highest BCUT2D eigenvalue weighted by atomic mass is 19.1. The molecule has 1 aromatic carbocycles. The summed E-state index contributed by atoms with van der Waals surface area (Å²) in [5.41, 5.74) is 5.14. The van der Waals surface area contributed by atoms with Gasteiger partial charge in [0.1, 0.15) is 17.1 Å². The third-order valence-electron chi connectivity index (χ3n) is 2.69. The average molecular weight is 254 g/mol. The molecule has 0 spiro atoms. The Morgan fingerprint density at radius 3 is 2.67 bits per heavy atom. The van der Waals surface area contributed by atoms with Gasteiger partial charge in [0.25, 0.3) is 5.91 Å². The summed E-state index contributed by atoms with van der Waals surface area (Å²) in [7, 11) is 0. The number of nitrogens with two attached hydrogens (primary N) is 1. The summed E-state index contributed by atoms with van der Waals surface area (Å²) in [6.07, 6.45) is 0.638. The zero-order chi connectivity index (χ0) is 13.7. The first-order valence-corrected chi connectivity index (χ1v) is 5.97. The highest BCUT2D eigenvalue weighted by Gasteiger charge is 2.24. The molecule has 0 aliphatic rings. The molecule has 5 heteroatoms. The van der Waals surface area contributed by atoms with Crippen molar-refractivity contribution in [1.82, 2.24) is 4.90 Å². The van der Waals surface area contributed by atoms with E-state index in [2.05, 4.69) is 0 Å². The number of hydrogen-bond acceptors (Lipinski definition) is 3. The monoisotopic (exact) mass is 254 g/mol. The smallest absolute Gasteiger partial charge is 0.260 e. The molecule has 3 N–H and O–H groups in total. The number of phenolic OH excluding ortho intramolecular Hbond substituents is 1. The lowest BCUT2D eigenvalue weighted by molar-refractivity contribution is 0.0697. The van der Waals surface area contributed by atoms with Crippen LogP contribution in [0.1, 0.15) is 30.6 Å². The van der Waals surface area contributed by atoms with E-state index in [0.29, 0.717) is 19.5 Å². The van der Waals surface area contributed by atoms with Crippen molar-refractivity contribution in [2.24, 2.45) is 5.73 Å². The maximum Gasteiger partial charge on any atom is 0.260 e. The molecule has 0 aliphatic heterocycles. The number of carbonyl (C=O) groups excluding carboxylic acids is 1. The van der Waals surface area contributed by atoms with E-state index in [1.807, 2.05) is 13.8 Å². The van der Waals surface area contributed by atoms with Gasteiger partial charge in [-0.15, -0.1) is 0 Å². The predicted octanol–water partition coefficient (Wildman–Crippen LogP) is 1.73. The largest absolute Gasteiger partial charge is 0.507 e. The molecule has 0 saturated heterocycles. The molecule has 0 unspecified atom stereocenters. The fraction of sp³-hybridized carbons (Fsp3) is 0.462. The molecule has 1 aromatic rings. The van der Waals surface area contributed by atoms with Gasteiger partial charge in [0.05, 0.1) is 0 Å². The normalized spacial score (nSPS) is 10.7. The summed E-state index contributed by atoms with van der Waals surface area (Å²) >= 11 is 0. The van der Waals surface area contributed by atoms with Crippen LogP contribution in [0, 0.1) is 5.82 Å². The van der Waals surface area contributed by atoms with E-state index in [1.54, 1.807) is 0 Å². The Bertz CT molecular complexity index is 401. The molecule has 0 atom stereocenters. The lowest BCUT2D eigenvalue weighted by atomic mass is 10.1. The van der Waals surface area contributed by atoms with Crippen molar-refractivity contribution in [2.75, 3.05) is 13.1 Å². The van der Waals surface area contributed by atoms with Crippen LogP contribution in [0.5, 0.6) is 5.75 Å². The van der Waals surface area contributed by atoms with Crippen molar-refractivity contribution in [1.29, 1.82) is 0 Å². The van der Waals surface area contributed by atoms with E-state index < -0.39 is 11.7 Å². The second-order valence-electron chi connectivity index (χ2n) is 4.37. The van der Waals surface area contributed by atoms with E-state index in [0.717, 1.165) is 6.07 Å². The molecule has 0 aliphatic carbocycles. The summed E-state index contributed by atoms with van der Waals surface area (Å²) in [5.74, 6) is -1.55. The molecule has 1 amide bonds. The zero-order valence-electron chi connectivity index (χ0n) is 10.7. The number of phenols is 1. The van der Waals surface area contributed by atoms with Crippen LogP contribution < -0.4 is 5.73 Å². The van der Waals surface area contributed by atoms with E-state index in [1.165, 1.54) is 17.0 Å². The summed E-state index contributed by atoms with van der Waals surface area (Å²) in [4.78, 5) is 13.7. The molecule has 100 valence electrons. The highest BCUT2D eigenvalue weighted by molar-refractivity contribution is 5.97. The van der Waals surface area contributed by atoms with Gasteiger partial charge >= 0.3 is 0 Å². The highest BCUT2D eigenvalue weighted by Crippen LogP contribution is 2.22. The lowest BCUT2D eigenvalue weighted by Gasteiger charge is -2.27. The molecule has 0 radical (unpaired) electrons. The molecule has 0 heterocycles. The molecule has 0 fully saturated rings. The zero-order valence-corrected chi connectivity index (χ0v) is 10.7.